The SMILES string of the molecule is CCC(CC[CH-]c1ccccc1)c1cccc(OC)c1OC.[Li+]. The van der Waals surface area contributed by atoms with Gasteiger partial charge in [-0.3, -0.25) is 0 Å². The number of benzene rings is 2. The summed E-state index contributed by atoms with van der Waals surface area (Å²) in [6.07, 6.45) is 5.55. The van der Waals surface area contributed by atoms with Crippen molar-refractivity contribution in [3.05, 3.63) is 66.1 Å². The Morgan fingerprint density at radius 2 is 1.70 bits per heavy atom. The van der Waals surface area contributed by atoms with Gasteiger partial charge in [0.05, 0.1) is 14.2 Å². The van der Waals surface area contributed by atoms with Crippen LogP contribution in [0.2, 0.25) is 0 Å². The van der Waals surface area contributed by atoms with Crippen LogP contribution in [-0.2, 0) is 0 Å². The van der Waals surface area contributed by atoms with Gasteiger partial charge in [0.25, 0.3) is 0 Å². The Balaban J connectivity index is 0.00000264. The molecular weight excluding hydrogens is 279 g/mol. The van der Waals surface area contributed by atoms with Crippen LogP contribution in [0, 0.1) is 6.42 Å². The molecule has 0 aromatic heterocycles. The van der Waals surface area contributed by atoms with Crippen molar-refractivity contribution < 1.29 is 28.3 Å². The molecule has 0 aliphatic carbocycles. The third kappa shape index (κ3) is 5.27. The van der Waals surface area contributed by atoms with E-state index in [-0.39, 0.29) is 18.9 Å². The van der Waals surface area contributed by atoms with Gasteiger partial charge in [-0.15, -0.1) is 12.1 Å². The van der Waals surface area contributed by atoms with Gasteiger partial charge in [0.1, 0.15) is 0 Å². The molecular formula is C20H25LiO2. The minimum atomic E-state index is 0. The molecule has 0 amide bonds. The van der Waals surface area contributed by atoms with Gasteiger partial charge < -0.3 is 9.47 Å². The van der Waals surface area contributed by atoms with E-state index in [1.165, 1.54) is 11.1 Å². The maximum atomic E-state index is 5.58. The molecule has 2 nitrogen and oxygen atoms in total. The van der Waals surface area contributed by atoms with E-state index in [4.69, 9.17) is 9.47 Å². The summed E-state index contributed by atoms with van der Waals surface area (Å²) in [6, 6.07) is 16.6. The van der Waals surface area contributed by atoms with E-state index in [9.17, 15) is 0 Å². The molecule has 0 fully saturated rings. The normalized spacial score (nSPS) is 11.3. The van der Waals surface area contributed by atoms with Crippen LogP contribution in [-0.4, -0.2) is 14.2 Å². The molecule has 2 rings (SSSR count). The van der Waals surface area contributed by atoms with Crippen LogP contribution < -0.4 is 28.3 Å². The van der Waals surface area contributed by atoms with E-state index in [2.05, 4.69) is 43.7 Å². The van der Waals surface area contributed by atoms with E-state index < -0.39 is 0 Å². The summed E-state index contributed by atoms with van der Waals surface area (Å²) in [5.41, 5.74) is 2.53. The van der Waals surface area contributed by atoms with Crippen molar-refractivity contribution in [1.82, 2.24) is 0 Å². The first-order valence-corrected chi connectivity index (χ1v) is 7.89. The Hall–Kier alpha value is -1.49. The zero-order valence-corrected chi connectivity index (χ0v) is 14.7. The maximum Gasteiger partial charge on any atom is 1.00 e. The molecule has 0 bridgehead atoms. The van der Waals surface area contributed by atoms with Gasteiger partial charge >= 0.3 is 18.9 Å². The number of rotatable bonds is 8. The molecule has 0 spiro atoms. The van der Waals surface area contributed by atoms with Crippen LogP contribution in [0.25, 0.3) is 0 Å². The zero-order valence-electron chi connectivity index (χ0n) is 14.7. The van der Waals surface area contributed by atoms with Crippen molar-refractivity contribution in [2.45, 2.75) is 32.1 Å². The molecule has 1 atom stereocenters. The summed E-state index contributed by atoms with van der Waals surface area (Å²) in [4.78, 5) is 0. The third-order valence-electron chi connectivity index (χ3n) is 4.06. The molecule has 118 valence electrons. The molecule has 1 unspecified atom stereocenters. The largest absolute Gasteiger partial charge is 1.00 e. The molecule has 2 aromatic carbocycles. The fraction of sp³-hybridized carbons (Fsp3) is 0.350. The van der Waals surface area contributed by atoms with Gasteiger partial charge in [0.2, 0.25) is 0 Å². The summed E-state index contributed by atoms with van der Waals surface area (Å²) in [7, 11) is 3.40. The van der Waals surface area contributed by atoms with Gasteiger partial charge in [-0.25, -0.2) is 0 Å². The third-order valence-corrected chi connectivity index (χ3v) is 4.06. The molecule has 0 aliphatic rings. The Bertz CT molecular complexity index is 569. The monoisotopic (exact) mass is 304 g/mol. The van der Waals surface area contributed by atoms with Crippen LogP contribution in [0.1, 0.15) is 43.2 Å². The second-order valence-corrected chi connectivity index (χ2v) is 5.38. The second kappa shape index (κ2) is 10.3. The summed E-state index contributed by atoms with van der Waals surface area (Å²) in [5, 5.41) is 0. The van der Waals surface area contributed by atoms with Gasteiger partial charge in [-0.2, -0.15) is 24.1 Å². The smallest absolute Gasteiger partial charge is 0.493 e. The van der Waals surface area contributed by atoms with Crippen LogP contribution in [0.3, 0.4) is 0 Å². The zero-order chi connectivity index (χ0) is 15.8. The average molecular weight is 304 g/mol. The average Bonchev–Trinajstić information content (AvgIpc) is 2.59. The van der Waals surface area contributed by atoms with Crippen LogP contribution in [0.4, 0.5) is 0 Å². The van der Waals surface area contributed by atoms with Crippen LogP contribution in [0.5, 0.6) is 11.5 Å². The van der Waals surface area contributed by atoms with Crippen molar-refractivity contribution in [1.29, 1.82) is 0 Å². The van der Waals surface area contributed by atoms with Crippen molar-refractivity contribution in [3.63, 3.8) is 0 Å². The molecule has 2 aromatic rings. The number of hydrogen-bond acceptors (Lipinski definition) is 2. The van der Waals surface area contributed by atoms with Crippen molar-refractivity contribution in [2.75, 3.05) is 14.2 Å². The van der Waals surface area contributed by atoms with Crippen molar-refractivity contribution >= 4 is 0 Å². The first kappa shape index (κ1) is 19.6. The first-order chi connectivity index (χ1) is 10.8. The molecule has 0 saturated carbocycles. The maximum absolute atomic E-state index is 5.58. The summed E-state index contributed by atoms with van der Waals surface area (Å²) >= 11 is 0. The first-order valence-electron chi connectivity index (χ1n) is 7.89. The Morgan fingerprint density at radius 1 is 0.957 bits per heavy atom. The second-order valence-electron chi connectivity index (χ2n) is 5.38. The fourth-order valence-electron chi connectivity index (χ4n) is 2.85. The van der Waals surface area contributed by atoms with E-state index in [1.807, 2.05) is 18.2 Å². The minimum Gasteiger partial charge on any atom is -0.493 e. The number of para-hydroxylation sites is 1. The Morgan fingerprint density at radius 3 is 2.30 bits per heavy atom. The molecule has 0 N–H and O–H groups in total. The van der Waals surface area contributed by atoms with Crippen LogP contribution in [0.15, 0.2) is 48.5 Å². The van der Waals surface area contributed by atoms with E-state index in [0.29, 0.717) is 5.92 Å². The fourth-order valence-corrected chi connectivity index (χ4v) is 2.85. The predicted octanol–water partition coefficient (Wildman–Crippen LogP) is 2.23. The summed E-state index contributed by atoms with van der Waals surface area (Å²) < 4.78 is 11.0. The summed E-state index contributed by atoms with van der Waals surface area (Å²) in [6.45, 7) is 2.23. The number of methoxy groups -OCH3 is 2. The molecule has 0 saturated heterocycles. The molecule has 23 heavy (non-hydrogen) atoms. The Labute approximate surface area is 152 Å². The van der Waals surface area contributed by atoms with E-state index >= 15 is 0 Å². The molecule has 0 aliphatic heterocycles. The minimum absolute atomic E-state index is 0. The number of ether oxygens (including phenoxy) is 2. The van der Waals surface area contributed by atoms with Gasteiger partial charge in [-0.1, -0.05) is 38.0 Å². The topological polar surface area (TPSA) is 18.5 Å². The number of hydrogen-bond donors (Lipinski definition) is 0. The van der Waals surface area contributed by atoms with Gasteiger partial charge in [0.15, 0.2) is 11.5 Å². The van der Waals surface area contributed by atoms with E-state index in [1.54, 1.807) is 14.2 Å². The molecule has 0 heterocycles. The predicted molar refractivity (Wildman–Crippen MR) is 91.7 cm³/mol. The van der Waals surface area contributed by atoms with Crippen LogP contribution >= 0.6 is 0 Å². The van der Waals surface area contributed by atoms with E-state index in [0.717, 1.165) is 30.8 Å². The molecule has 0 radical (unpaired) electrons. The van der Waals surface area contributed by atoms with Crippen molar-refractivity contribution in [3.8, 4) is 11.5 Å². The summed E-state index contributed by atoms with van der Waals surface area (Å²) in [5.74, 6) is 2.16. The van der Waals surface area contributed by atoms with Gasteiger partial charge in [0, 0.05) is 5.56 Å². The Kier molecular flexibility index (Phi) is 8.77. The van der Waals surface area contributed by atoms with Gasteiger partial charge in [-0.05, 0) is 18.4 Å². The standard InChI is InChI=1S/C20H25O2.Li/c1-4-17(13-8-12-16-10-6-5-7-11-16)18-14-9-15-19(21-2)20(18)22-3;/h5-7,9-12,14-15,17H,4,8,13H2,1-3H3;/q-1;+1. The quantitative estimate of drug-likeness (QED) is 0.550. The van der Waals surface area contributed by atoms with Crippen molar-refractivity contribution in [2.24, 2.45) is 0 Å². The molecule has 3 heteroatoms.